The van der Waals surface area contributed by atoms with Crippen molar-refractivity contribution in [3.63, 3.8) is 0 Å². The average molecular weight is 270 g/mol. The number of anilines is 2. The number of nitrogens with two attached hydrogens (primary N) is 2. The number of nitrogens with one attached hydrogen (secondary N) is 1. The Hall–Kier alpha value is -2.56. The zero-order valence-electron chi connectivity index (χ0n) is 11.6. The van der Waals surface area contributed by atoms with E-state index in [9.17, 15) is 0 Å². The van der Waals surface area contributed by atoms with Crippen LogP contribution in [0.1, 0.15) is 25.0 Å². The number of hydrogen-bond acceptors (Lipinski definition) is 5. The summed E-state index contributed by atoms with van der Waals surface area (Å²) in [4.78, 5) is 3.92. The van der Waals surface area contributed by atoms with Crippen LogP contribution in [0.2, 0.25) is 0 Å². The Kier molecular flexibility index (Phi) is 3.89. The van der Waals surface area contributed by atoms with Gasteiger partial charge in [-0.2, -0.15) is 0 Å². The molecule has 0 fully saturated rings. The first-order valence-corrected chi connectivity index (χ1v) is 6.34. The summed E-state index contributed by atoms with van der Waals surface area (Å²) in [6.07, 6.45) is 1.64. The van der Waals surface area contributed by atoms with Gasteiger partial charge in [0, 0.05) is 23.0 Å². The molecule has 0 aliphatic rings. The molecule has 5 heteroatoms. The van der Waals surface area contributed by atoms with Gasteiger partial charge in [-0.15, -0.1) is 0 Å². The molecule has 104 valence electrons. The van der Waals surface area contributed by atoms with Crippen LogP contribution in [-0.4, -0.2) is 16.8 Å². The predicted octanol–water partition coefficient (Wildman–Crippen LogP) is 2.45. The topological polar surface area (TPSA) is 98.0 Å². The fraction of sp³-hybridized carbons (Fsp3) is 0.200. The lowest BCUT2D eigenvalue weighted by Gasteiger charge is -2.13. The summed E-state index contributed by atoms with van der Waals surface area (Å²) in [5.74, 6) is 1.07. The van der Waals surface area contributed by atoms with E-state index in [1.807, 2.05) is 13.8 Å². The fourth-order valence-corrected chi connectivity index (χ4v) is 1.86. The summed E-state index contributed by atoms with van der Waals surface area (Å²) in [6.45, 7) is 3.90. The van der Waals surface area contributed by atoms with Crippen molar-refractivity contribution in [3.05, 3.63) is 47.7 Å². The highest BCUT2D eigenvalue weighted by Crippen LogP contribution is 2.23. The Morgan fingerprint density at radius 1 is 1.20 bits per heavy atom. The first kappa shape index (κ1) is 13.9. The Morgan fingerprint density at radius 3 is 2.60 bits per heavy atom. The molecule has 2 rings (SSSR count). The van der Waals surface area contributed by atoms with E-state index in [0.29, 0.717) is 34.1 Å². The molecule has 0 saturated heterocycles. The van der Waals surface area contributed by atoms with E-state index < -0.39 is 0 Å². The molecule has 2 aromatic rings. The van der Waals surface area contributed by atoms with Crippen LogP contribution in [0.25, 0.3) is 0 Å². The summed E-state index contributed by atoms with van der Waals surface area (Å²) in [5, 5.41) is 8.27. The SMILES string of the molecule is CC(C)Oc1ccc(N)c(C(=N)c2ccnc(N)c2)c1. The van der Waals surface area contributed by atoms with Gasteiger partial charge in [-0.25, -0.2) is 4.98 Å². The third kappa shape index (κ3) is 3.06. The molecule has 1 heterocycles. The number of hydrogen-bond donors (Lipinski definition) is 3. The zero-order chi connectivity index (χ0) is 14.7. The normalized spacial score (nSPS) is 10.6. The molecule has 5 nitrogen and oxygen atoms in total. The van der Waals surface area contributed by atoms with E-state index in [-0.39, 0.29) is 6.10 Å². The van der Waals surface area contributed by atoms with Gasteiger partial charge < -0.3 is 16.2 Å². The number of nitrogen functional groups attached to an aromatic ring is 2. The van der Waals surface area contributed by atoms with E-state index in [4.69, 9.17) is 21.6 Å². The van der Waals surface area contributed by atoms with Gasteiger partial charge in [-0.1, -0.05) is 0 Å². The molecule has 1 aromatic carbocycles. The molecule has 0 saturated carbocycles. The molecule has 0 atom stereocenters. The quantitative estimate of drug-likeness (QED) is 0.587. The van der Waals surface area contributed by atoms with Gasteiger partial charge in [0.05, 0.1) is 11.8 Å². The highest BCUT2D eigenvalue weighted by molar-refractivity contribution is 6.14. The van der Waals surface area contributed by atoms with Crippen molar-refractivity contribution in [1.29, 1.82) is 5.41 Å². The lowest BCUT2D eigenvalue weighted by molar-refractivity contribution is 0.242. The lowest BCUT2D eigenvalue weighted by atomic mass is 10.0. The molecule has 1 aromatic heterocycles. The summed E-state index contributed by atoms with van der Waals surface area (Å²) < 4.78 is 5.63. The summed E-state index contributed by atoms with van der Waals surface area (Å²) in [7, 11) is 0. The third-order valence-corrected chi connectivity index (χ3v) is 2.74. The number of aromatic nitrogens is 1. The molecular weight excluding hydrogens is 252 g/mol. The lowest BCUT2D eigenvalue weighted by Crippen LogP contribution is -2.09. The second-order valence-corrected chi connectivity index (χ2v) is 4.76. The minimum absolute atomic E-state index is 0.0669. The maximum absolute atomic E-state index is 8.27. The largest absolute Gasteiger partial charge is 0.491 e. The van der Waals surface area contributed by atoms with Crippen molar-refractivity contribution in [2.45, 2.75) is 20.0 Å². The van der Waals surface area contributed by atoms with E-state index in [2.05, 4.69) is 4.98 Å². The maximum Gasteiger partial charge on any atom is 0.123 e. The van der Waals surface area contributed by atoms with Crippen LogP contribution in [-0.2, 0) is 0 Å². The van der Waals surface area contributed by atoms with Crippen molar-refractivity contribution in [2.75, 3.05) is 11.5 Å². The van der Waals surface area contributed by atoms with Crippen molar-refractivity contribution in [3.8, 4) is 5.75 Å². The van der Waals surface area contributed by atoms with E-state index in [1.165, 1.54) is 0 Å². The van der Waals surface area contributed by atoms with E-state index in [0.717, 1.165) is 0 Å². The summed E-state index contributed by atoms with van der Waals surface area (Å²) in [5.41, 5.74) is 13.7. The Bertz CT molecular complexity index is 638. The first-order valence-electron chi connectivity index (χ1n) is 6.34. The van der Waals surface area contributed by atoms with Gasteiger partial charge in [-0.3, -0.25) is 5.41 Å². The van der Waals surface area contributed by atoms with Crippen molar-refractivity contribution < 1.29 is 4.74 Å². The van der Waals surface area contributed by atoms with Crippen molar-refractivity contribution >= 4 is 17.2 Å². The second-order valence-electron chi connectivity index (χ2n) is 4.76. The van der Waals surface area contributed by atoms with Gasteiger partial charge in [0.15, 0.2) is 0 Å². The van der Waals surface area contributed by atoms with E-state index in [1.54, 1.807) is 36.5 Å². The minimum Gasteiger partial charge on any atom is -0.491 e. The first-order chi connectivity index (χ1) is 9.47. The molecule has 0 aliphatic carbocycles. The smallest absolute Gasteiger partial charge is 0.123 e. The van der Waals surface area contributed by atoms with Gasteiger partial charge in [0.1, 0.15) is 11.6 Å². The van der Waals surface area contributed by atoms with Crippen LogP contribution in [0.15, 0.2) is 36.5 Å². The molecule has 0 bridgehead atoms. The number of ether oxygens (including phenoxy) is 1. The third-order valence-electron chi connectivity index (χ3n) is 2.74. The monoisotopic (exact) mass is 270 g/mol. The highest BCUT2D eigenvalue weighted by atomic mass is 16.5. The molecule has 0 aliphatic heterocycles. The molecule has 0 radical (unpaired) electrons. The Balaban J connectivity index is 2.38. The average Bonchev–Trinajstić information content (AvgIpc) is 2.39. The maximum atomic E-state index is 8.27. The van der Waals surface area contributed by atoms with Crippen molar-refractivity contribution in [2.24, 2.45) is 0 Å². The molecular formula is C15H18N4O. The zero-order valence-corrected chi connectivity index (χ0v) is 11.6. The van der Waals surface area contributed by atoms with Gasteiger partial charge in [0.25, 0.3) is 0 Å². The van der Waals surface area contributed by atoms with E-state index >= 15 is 0 Å². The summed E-state index contributed by atoms with van der Waals surface area (Å²) in [6, 6.07) is 8.69. The number of pyridine rings is 1. The Labute approximate surface area is 118 Å². The van der Waals surface area contributed by atoms with Crippen LogP contribution in [0.5, 0.6) is 5.75 Å². The van der Waals surface area contributed by atoms with Gasteiger partial charge in [-0.05, 0) is 44.2 Å². The van der Waals surface area contributed by atoms with Crippen LogP contribution < -0.4 is 16.2 Å². The number of rotatable bonds is 4. The molecule has 5 N–H and O–H groups in total. The molecule has 20 heavy (non-hydrogen) atoms. The van der Waals surface area contributed by atoms with Crippen LogP contribution in [0.3, 0.4) is 0 Å². The van der Waals surface area contributed by atoms with Crippen LogP contribution >= 0.6 is 0 Å². The number of nitrogens with zero attached hydrogens (tertiary/aromatic N) is 1. The van der Waals surface area contributed by atoms with Gasteiger partial charge >= 0.3 is 0 Å². The number of benzene rings is 1. The highest BCUT2D eigenvalue weighted by Gasteiger charge is 2.11. The van der Waals surface area contributed by atoms with Gasteiger partial charge in [0.2, 0.25) is 0 Å². The predicted molar refractivity (Wildman–Crippen MR) is 81.2 cm³/mol. The van der Waals surface area contributed by atoms with Crippen LogP contribution in [0, 0.1) is 5.41 Å². The standard InChI is InChI=1S/C15H18N4O/c1-9(2)20-11-3-4-13(16)12(8-11)15(18)10-5-6-19-14(17)7-10/h3-9,18H,16H2,1-2H3,(H2,17,19). The fourth-order valence-electron chi connectivity index (χ4n) is 1.86. The summed E-state index contributed by atoms with van der Waals surface area (Å²) >= 11 is 0. The molecule has 0 spiro atoms. The Morgan fingerprint density at radius 2 is 1.95 bits per heavy atom. The molecule has 0 unspecified atom stereocenters. The van der Waals surface area contributed by atoms with Crippen LogP contribution in [0.4, 0.5) is 11.5 Å². The minimum atomic E-state index is 0.0669. The second kappa shape index (κ2) is 5.61. The molecule has 0 amide bonds. The van der Waals surface area contributed by atoms with Crippen molar-refractivity contribution in [1.82, 2.24) is 4.98 Å².